The number of amides is 2. The molecular weight excluding hydrogens is 546 g/mol. The highest BCUT2D eigenvalue weighted by atomic mass is 16.5. The van der Waals surface area contributed by atoms with Crippen molar-refractivity contribution >= 4 is 29.4 Å². The molecular formula is C34H45N3O6. The molecule has 2 N–H and O–H groups in total. The number of fused-ring (bicyclic) bond motifs is 7. The number of carbonyl (C=O) groups excluding carboxylic acids is 5. The molecule has 2 amide bonds. The minimum Gasteiger partial charge on any atom is -0.462 e. The summed E-state index contributed by atoms with van der Waals surface area (Å²) < 4.78 is 4.42. The molecule has 0 radical (unpaired) electrons. The number of hydrogen-bond acceptors (Lipinski definition) is 7. The average molecular weight is 592 g/mol. The summed E-state index contributed by atoms with van der Waals surface area (Å²) in [6.45, 7) is 14.6. The first-order valence-corrected chi connectivity index (χ1v) is 15.5. The summed E-state index contributed by atoms with van der Waals surface area (Å²) in [5.74, 6) is -2.97. The van der Waals surface area contributed by atoms with Crippen LogP contribution in [0.5, 0.6) is 0 Å². The fraction of sp³-hybridized carbons (Fsp3) is 0.706. The standard InChI is InChI=1S/C34H45N3O6/c1-29(2)22-9-10-33(6)23(32(22,5)16-19(18-35)25(29)39)15-21(38)24-20-17-31(4,28(42)37-36-26(40)27(41)43-8)12-11-30(20,3)13-14-34(24,33)7/h15-16,20,22,24H,9-14,17H2,1-8H3,(H,36,40)(H,37,42)/t20-,22-,24-,30+,31-,32-,33+,34+/m0/s1. The molecule has 0 unspecified atom stereocenters. The van der Waals surface area contributed by atoms with E-state index in [4.69, 9.17) is 0 Å². The first-order valence-electron chi connectivity index (χ1n) is 15.5. The maximum absolute atomic E-state index is 14.5. The molecule has 5 aliphatic carbocycles. The van der Waals surface area contributed by atoms with Crippen molar-refractivity contribution in [1.82, 2.24) is 10.9 Å². The SMILES string of the molecule is COC(=O)C(=O)NNC(=O)[C@@]1(C)CC[C@]2(C)CC[C@]3(C)[C@H](C(=O)C=C4[C@@]5(C)C=C(C#N)C(=O)C(C)(C)[C@@H]5CC[C@]43C)[C@@H]2C1. The van der Waals surface area contributed by atoms with Crippen LogP contribution in [0.15, 0.2) is 23.3 Å². The largest absolute Gasteiger partial charge is 0.462 e. The number of ether oxygens (including phenoxy) is 1. The van der Waals surface area contributed by atoms with Crippen molar-refractivity contribution in [2.45, 2.75) is 93.4 Å². The van der Waals surface area contributed by atoms with Gasteiger partial charge in [0, 0.05) is 22.2 Å². The summed E-state index contributed by atoms with van der Waals surface area (Å²) in [7, 11) is 1.09. The third kappa shape index (κ3) is 4.11. The van der Waals surface area contributed by atoms with Crippen LogP contribution in [0.1, 0.15) is 93.4 Å². The number of ketones is 2. The monoisotopic (exact) mass is 591 g/mol. The summed E-state index contributed by atoms with van der Waals surface area (Å²) in [6, 6.07) is 2.15. The molecule has 0 aromatic carbocycles. The van der Waals surface area contributed by atoms with E-state index in [0.717, 1.165) is 44.8 Å². The smallest absolute Gasteiger partial charge is 0.398 e. The van der Waals surface area contributed by atoms with E-state index in [0.29, 0.717) is 12.8 Å². The molecule has 0 aromatic heterocycles. The molecule has 43 heavy (non-hydrogen) atoms. The normalized spacial score (nSPS) is 42.8. The fourth-order valence-electron chi connectivity index (χ4n) is 10.3. The topological polar surface area (TPSA) is 142 Å². The third-order valence-corrected chi connectivity index (χ3v) is 13.3. The third-order valence-electron chi connectivity index (χ3n) is 13.3. The van der Waals surface area contributed by atoms with Crippen LogP contribution in [0.4, 0.5) is 0 Å². The Kier molecular flexibility index (Phi) is 6.96. The number of nitrogens with zero attached hydrogens (tertiary/aromatic N) is 1. The van der Waals surface area contributed by atoms with Gasteiger partial charge in [-0.15, -0.1) is 0 Å². The van der Waals surface area contributed by atoms with Gasteiger partial charge in [-0.3, -0.25) is 30.0 Å². The highest BCUT2D eigenvalue weighted by Gasteiger charge is 2.69. The lowest BCUT2D eigenvalue weighted by Crippen LogP contribution is -2.65. The van der Waals surface area contributed by atoms with Gasteiger partial charge >= 0.3 is 11.9 Å². The second-order valence-corrected chi connectivity index (χ2v) is 15.7. The van der Waals surface area contributed by atoms with E-state index >= 15 is 0 Å². The van der Waals surface area contributed by atoms with Gasteiger partial charge in [-0.25, -0.2) is 4.79 Å². The predicted octanol–water partition coefficient (Wildman–Crippen LogP) is 4.53. The first kappa shape index (κ1) is 31.2. The van der Waals surface area contributed by atoms with E-state index in [9.17, 15) is 29.2 Å². The molecule has 5 aliphatic rings. The highest BCUT2D eigenvalue weighted by molar-refractivity contribution is 6.32. The summed E-state index contributed by atoms with van der Waals surface area (Å²) in [4.78, 5) is 64.6. The van der Waals surface area contributed by atoms with Gasteiger partial charge < -0.3 is 4.74 Å². The molecule has 5 rings (SSSR count). The van der Waals surface area contributed by atoms with Crippen LogP contribution >= 0.6 is 0 Å². The minimum atomic E-state index is -1.10. The van der Waals surface area contributed by atoms with Crippen molar-refractivity contribution < 1.29 is 28.7 Å². The molecule has 0 spiro atoms. The number of nitrogens with one attached hydrogen (secondary N) is 2. The number of hydrogen-bond donors (Lipinski definition) is 2. The Morgan fingerprint density at radius 1 is 0.953 bits per heavy atom. The van der Waals surface area contributed by atoms with Crippen molar-refractivity contribution in [3.05, 3.63) is 23.3 Å². The van der Waals surface area contributed by atoms with Crippen molar-refractivity contribution in [2.75, 3.05) is 7.11 Å². The highest BCUT2D eigenvalue weighted by Crippen LogP contribution is 2.74. The number of rotatable bonds is 1. The molecule has 0 aliphatic heterocycles. The maximum atomic E-state index is 14.5. The Morgan fingerprint density at radius 2 is 1.60 bits per heavy atom. The Morgan fingerprint density at radius 3 is 2.23 bits per heavy atom. The Labute approximate surface area is 254 Å². The van der Waals surface area contributed by atoms with Crippen LogP contribution in [-0.4, -0.2) is 36.5 Å². The lowest BCUT2D eigenvalue weighted by atomic mass is 9.34. The van der Waals surface area contributed by atoms with Gasteiger partial charge in [0.15, 0.2) is 11.6 Å². The maximum Gasteiger partial charge on any atom is 0.398 e. The molecule has 0 bridgehead atoms. The number of Topliss-reactive ketones (excluding diaryl/α,β-unsaturated/α-hetero) is 1. The van der Waals surface area contributed by atoms with E-state index < -0.39 is 28.1 Å². The molecule has 232 valence electrons. The summed E-state index contributed by atoms with van der Waals surface area (Å²) >= 11 is 0. The average Bonchev–Trinajstić information content (AvgIpc) is 2.95. The van der Waals surface area contributed by atoms with Gasteiger partial charge in [0.05, 0.1) is 12.7 Å². The number of carbonyl (C=O) groups is 5. The molecule has 9 heteroatoms. The number of allylic oxidation sites excluding steroid dienone is 4. The van der Waals surface area contributed by atoms with Crippen molar-refractivity contribution in [3.8, 4) is 6.07 Å². The van der Waals surface area contributed by atoms with E-state index in [1.807, 2.05) is 32.9 Å². The number of methoxy groups -OCH3 is 1. The molecule has 3 saturated carbocycles. The second-order valence-electron chi connectivity index (χ2n) is 15.7. The predicted molar refractivity (Wildman–Crippen MR) is 157 cm³/mol. The fourth-order valence-corrected chi connectivity index (χ4v) is 10.3. The van der Waals surface area contributed by atoms with E-state index in [1.165, 1.54) is 0 Å². The van der Waals surface area contributed by atoms with Crippen molar-refractivity contribution in [1.29, 1.82) is 5.26 Å². The molecule has 0 saturated heterocycles. The van der Waals surface area contributed by atoms with Crippen LogP contribution in [0.3, 0.4) is 0 Å². The van der Waals surface area contributed by atoms with Gasteiger partial charge in [-0.1, -0.05) is 60.1 Å². The zero-order chi connectivity index (χ0) is 32.0. The van der Waals surface area contributed by atoms with Crippen molar-refractivity contribution in [3.63, 3.8) is 0 Å². The Bertz CT molecular complexity index is 1440. The zero-order valence-corrected chi connectivity index (χ0v) is 26.7. The van der Waals surface area contributed by atoms with Crippen LogP contribution < -0.4 is 10.9 Å². The first-order chi connectivity index (χ1) is 19.8. The lowest BCUT2D eigenvalue weighted by Gasteiger charge is -2.69. The molecule has 3 fully saturated rings. The second kappa shape index (κ2) is 9.61. The molecule has 0 heterocycles. The van der Waals surface area contributed by atoms with Gasteiger partial charge in [0.1, 0.15) is 6.07 Å². The quantitative estimate of drug-likeness (QED) is 0.259. The Hall–Kier alpha value is -3.28. The van der Waals surface area contributed by atoms with Crippen LogP contribution in [-0.2, 0) is 28.7 Å². The van der Waals surface area contributed by atoms with E-state index in [2.05, 4.69) is 49.4 Å². The van der Waals surface area contributed by atoms with Crippen LogP contribution in [0, 0.1) is 61.6 Å². The van der Waals surface area contributed by atoms with E-state index in [-0.39, 0.29) is 57.0 Å². The zero-order valence-electron chi connectivity index (χ0n) is 26.7. The molecule has 0 aromatic rings. The van der Waals surface area contributed by atoms with Crippen LogP contribution in [0.25, 0.3) is 0 Å². The molecule has 9 nitrogen and oxygen atoms in total. The lowest BCUT2D eigenvalue weighted by molar-refractivity contribution is -0.173. The Balaban J connectivity index is 1.54. The number of esters is 1. The van der Waals surface area contributed by atoms with Crippen molar-refractivity contribution in [2.24, 2.45) is 50.2 Å². The van der Waals surface area contributed by atoms with E-state index in [1.54, 1.807) is 0 Å². The van der Waals surface area contributed by atoms with Crippen LogP contribution in [0.2, 0.25) is 0 Å². The number of hydrazine groups is 1. The molecule has 8 atom stereocenters. The number of nitriles is 1. The minimum absolute atomic E-state index is 0.0207. The van der Waals surface area contributed by atoms with Gasteiger partial charge in [-0.05, 0) is 79.1 Å². The van der Waals surface area contributed by atoms with Gasteiger partial charge in [0.2, 0.25) is 5.91 Å². The summed E-state index contributed by atoms with van der Waals surface area (Å²) in [5, 5.41) is 9.90. The summed E-state index contributed by atoms with van der Waals surface area (Å²) in [5.41, 5.74) is 2.80. The summed E-state index contributed by atoms with van der Waals surface area (Å²) in [6.07, 6.45) is 9.01. The van der Waals surface area contributed by atoms with Gasteiger partial charge in [-0.2, -0.15) is 5.26 Å². The van der Waals surface area contributed by atoms with Gasteiger partial charge in [0.25, 0.3) is 0 Å².